The molecule has 0 atom stereocenters. The Morgan fingerprint density at radius 2 is 1.79 bits per heavy atom. The van der Waals surface area contributed by atoms with Gasteiger partial charge in [-0.2, -0.15) is 0 Å². The van der Waals surface area contributed by atoms with Gasteiger partial charge < -0.3 is 14.6 Å². The van der Waals surface area contributed by atoms with E-state index in [0.29, 0.717) is 29.0 Å². The third-order valence-electron chi connectivity index (χ3n) is 5.53. The largest absolute Gasteiger partial charge is 0.496 e. The van der Waals surface area contributed by atoms with E-state index in [-0.39, 0.29) is 22.9 Å². The molecule has 34 heavy (non-hydrogen) atoms. The summed E-state index contributed by atoms with van der Waals surface area (Å²) in [5, 5.41) is 12.0. The van der Waals surface area contributed by atoms with Crippen molar-refractivity contribution < 1.29 is 9.53 Å². The summed E-state index contributed by atoms with van der Waals surface area (Å²) in [6, 6.07) is 16.9. The maximum atomic E-state index is 13.0. The molecule has 0 saturated carbocycles. The molecule has 0 saturated heterocycles. The number of anilines is 1. The fraction of sp³-hybridized carbons (Fsp3) is 0.250. The lowest BCUT2D eigenvalue weighted by Crippen LogP contribution is -2.23. The molecule has 2 aromatic carbocycles. The van der Waals surface area contributed by atoms with E-state index in [4.69, 9.17) is 4.74 Å². The third-order valence-corrected chi connectivity index (χ3v) is 6.50. The molecule has 2 aromatic heterocycles. The summed E-state index contributed by atoms with van der Waals surface area (Å²) in [4.78, 5) is 25.8. The SMILES string of the molecule is CCn1c(SCC(=O)Nc2c(C)n(C)n(-c3ccccc3)c2=O)nnc1-c1ccccc1OC. The molecule has 4 aromatic rings. The Hall–Kier alpha value is -3.79. The first-order valence-electron chi connectivity index (χ1n) is 10.8. The standard InChI is InChI=1S/C24H26N6O3S/c1-5-29-22(18-13-9-10-14-19(18)33-4)26-27-24(29)34-15-20(31)25-21-16(2)28(3)30(23(21)32)17-11-7-6-8-12-17/h6-14H,5,15H2,1-4H3,(H,25,31). The smallest absolute Gasteiger partial charge is 0.295 e. The van der Waals surface area contributed by atoms with Gasteiger partial charge in [-0.3, -0.25) is 14.3 Å². The van der Waals surface area contributed by atoms with Gasteiger partial charge in [0.2, 0.25) is 5.91 Å². The van der Waals surface area contributed by atoms with Crippen LogP contribution in [0.1, 0.15) is 12.6 Å². The molecule has 176 valence electrons. The zero-order chi connectivity index (χ0) is 24.2. The van der Waals surface area contributed by atoms with Crippen LogP contribution in [0.15, 0.2) is 64.5 Å². The number of amides is 1. The van der Waals surface area contributed by atoms with Crippen molar-refractivity contribution in [2.24, 2.45) is 7.05 Å². The summed E-state index contributed by atoms with van der Waals surface area (Å²) in [5.41, 5.74) is 2.22. The number of carbonyl (C=O) groups is 1. The minimum atomic E-state index is -0.291. The quantitative estimate of drug-likeness (QED) is 0.390. The van der Waals surface area contributed by atoms with Crippen molar-refractivity contribution in [3.63, 3.8) is 0 Å². The number of carbonyl (C=O) groups excluding carboxylic acids is 1. The Kier molecular flexibility index (Phi) is 6.87. The van der Waals surface area contributed by atoms with E-state index in [1.165, 1.54) is 16.4 Å². The zero-order valence-corrected chi connectivity index (χ0v) is 20.3. The van der Waals surface area contributed by atoms with Crippen LogP contribution in [0.5, 0.6) is 5.75 Å². The highest BCUT2D eigenvalue weighted by atomic mass is 32.2. The normalized spacial score (nSPS) is 10.9. The highest BCUT2D eigenvalue weighted by molar-refractivity contribution is 7.99. The van der Waals surface area contributed by atoms with Crippen LogP contribution in [0.25, 0.3) is 17.1 Å². The minimum Gasteiger partial charge on any atom is -0.496 e. The molecule has 1 N–H and O–H groups in total. The Morgan fingerprint density at radius 1 is 1.09 bits per heavy atom. The highest BCUT2D eigenvalue weighted by Crippen LogP contribution is 2.30. The number of nitrogens with zero attached hydrogens (tertiary/aromatic N) is 5. The van der Waals surface area contributed by atoms with Crippen LogP contribution >= 0.6 is 11.8 Å². The number of hydrogen-bond acceptors (Lipinski definition) is 6. The van der Waals surface area contributed by atoms with E-state index >= 15 is 0 Å². The lowest BCUT2D eigenvalue weighted by Gasteiger charge is -2.10. The number of para-hydroxylation sites is 2. The van der Waals surface area contributed by atoms with Crippen LogP contribution in [-0.4, -0.2) is 42.9 Å². The summed E-state index contributed by atoms with van der Waals surface area (Å²) < 4.78 is 10.7. The fourth-order valence-electron chi connectivity index (χ4n) is 3.73. The van der Waals surface area contributed by atoms with Crippen molar-refractivity contribution in [2.75, 3.05) is 18.2 Å². The van der Waals surface area contributed by atoms with Crippen molar-refractivity contribution in [2.45, 2.75) is 25.5 Å². The van der Waals surface area contributed by atoms with Gasteiger partial charge in [0, 0.05) is 13.6 Å². The first-order valence-corrected chi connectivity index (χ1v) is 11.8. The predicted molar refractivity (Wildman–Crippen MR) is 133 cm³/mol. The summed E-state index contributed by atoms with van der Waals surface area (Å²) >= 11 is 1.27. The van der Waals surface area contributed by atoms with Crippen LogP contribution in [0.4, 0.5) is 5.69 Å². The van der Waals surface area contributed by atoms with Crippen molar-refractivity contribution in [1.29, 1.82) is 0 Å². The molecule has 9 nitrogen and oxygen atoms in total. The summed E-state index contributed by atoms with van der Waals surface area (Å²) in [7, 11) is 3.40. The van der Waals surface area contributed by atoms with Crippen LogP contribution in [0.3, 0.4) is 0 Å². The van der Waals surface area contributed by atoms with Crippen LogP contribution in [0, 0.1) is 6.92 Å². The van der Waals surface area contributed by atoms with Gasteiger partial charge in [-0.15, -0.1) is 10.2 Å². The second kappa shape index (κ2) is 10.0. The van der Waals surface area contributed by atoms with Gasteiger partial charge in [0.15, 0.2) is 11.0 Å². The second-order valence-electron chi connectivity index (χ2n) is 7.52. The van der Waals surface area contributed by atoms with E-state index < -0.39 is 0 Å². The number of rotatable bonds is 8. The number of hydrogen-bond donors (Lipinski definition) is 1. The molecule has 0 radical (unpaired) electrons. The van der Waals surface area contributed by atoms with Gasteiger partial charge in [-0.05, 0) is 38.1 Å². The number of benzene rings is 2. The van der Waals surface area contributed by atoms with Crippen LogP contribution < -0.4 is 15.6 Å². The molecule has 0 fully saturated rings. The van der Waals surface area contributed by atoms with Gasteiger partial charge in [-0.1, -0.05) is 42.1 Å². The van der Waals surface area contributed by atoms with E-state index in [9.17, 15) is 9.59 Å². The number of methoxy groups -OCH3 is 1. The molecule has 2 heterocycles. The van der Waals surface area contributed by atoms with Gasteiger partial charge >= 0.3 is 0 Å². The van der Waals surface area contributed by atoms with Gasteiger partial charge in [0.05, 0.1) is 29.8 Å². The maximum Gasteiger partial charge on any atom is 0.295 e. The van der Waals surface area contributed by atoms with E-state index in [0.717, 1.165) is 11.3 Å². The second-order valence-corrected chi connectivity index (χ2v) is 8.47. The minimum absolute atomic E-state index is 0.0865. The van der Waals surface area contributed by atoms with Crippen molar-refractivity contribution >= 4 is 23.4 Å². The lowest BCUT2D eigenvalue weighted by molar-refractivity contribution is -0.113. The van der Waals surface area contributed by atoms with Crippen LogP contribution in [-0.2, 0) is 18.4 Å². The third kappa shape index (κ3) is 4.36. The maximum absolute atomic E-state index is 13.0. The van der Waals surface area contributed by atoms with Crippen molar-refractivity contribution in [3.8, 4) is 22.8 Å². The topological polar surface area (TPSA) is 96.0 Å². The molecule has 4 rings (SSSR count). The van der Waals surface area contributed by atoms with E-state index in [1.807, 2.05) is 66.1 Å². The Morgan fingerprint density at radius 3 is 2.50 bits per heavy atom. The Labute approximate surface area is 201 Å². The molecular weight excluding hydrogens is 452 g/mol. The molecule has 0 bridgehead atoms. The molecule has 0 aliphatic rings. The predicted octanol–water partition coefficient (Wildman–Crippen LogP) is 3.50. The average Bonchev–Trinajstić information content (AvgIpc) is 3.37. The number of thioether (sulfide) groups is 1. The Bertz CT molecular complexity index is 1370. The Balaban J connectivity index is 1.52. The summed E-state index contributed by atoms with van der Waals surface area (Å²) in [5.74, 6) is 1.17. The lowest BCUT2D eigenvalue weighted by atomic mass is 10.2. The monoisotopic (exact) mass is 478 g/mol. The molecule has 0 spiro atoms. The molecular formula is C24H26N6O3S. The fourth-order valence-corrected chi connectivity index (χ4v) is 4.53. The molecule has 0 aliphatic heterocycles. The van der Waals surface area contributed by atoms with Gasteiger partial charge in [0.25, 0.3) is 5.56 Å². The molecule has 10 heteroatoms. The van der Waals surface area contributed by atoms with Crippen molar-refractivity contribution in [1.82, 2.24) is 24.1 Å². The number of nitrogens with one attached hydrogen (secondary N) is 1. The van der Waals surface area contributed by atoms with Crippen LogP contribution in [0.2, 0.25) is 0 Å². The molecule has 0 aliphatic carbocycles. The first kappa shape index (κ1) is 23.4. The summed E-state index contributed by atoms with van der Waals surface area (Å²) in [6.07, 6.45) is 0. The van der Waals surface area contributed by atoms with E-state index in [1.54, 1.807) is 25.8 Å². The molecule has 0 unspecified atom stereocenters. The van der Waals surface area contributed by atoms with Gasteiger partial charge in [0.1, 0.15) is 11.4 Å². The summed E-state index contributed by atoms with van der Waals surface area (Å²) in [6.45, 7) is 4.42. The average molecular weight is 479 g/mol. The van der Waals surface area contributed by atoms with Gasteiger partial charge in [-0.25, -0.2) is 4.68 Å². The highest BCUT2D eigenvalue weighted by Gasteiger charge is 2.20. The zero-order valence-electron chi connectivity index (χ0n) is 19.5. The first-order chi connectivity index (χ1) is 16.5. The molecule has 1 amide bonds. The van der Waals surface area contributed by atoms with E-state index in [2.05, 4.69) is 15.5 Å². The van der Waals surface area contributed by atoms with Crippen molar-refractivity contribution in [3.05, 3.63) is 70.6 Å². The number of aromatic nitrogens is 5. The number of ether oxygens (including phenoxy) is 1.